The van der Waals surface area contributed by atoms with E-state index in [0.29, 0.717) is 22.4 Å². The van der Waals surface area contributed by atoms with Gasteiger partial charge in [-0.1, -0.05) is 18.6 Å². The number of aromatic nitrogens is 1. The number of hydrogen-bond acceptors (Lipinski definition) is 5. The van der Waals surface area contributed by atoms with Crippen LogP contribution in [0.25, 0.3) is 10.9 Å². The second-order valence-electron chi connectivity index (χ2n) is 7.13. The first-order chi connectivity index (χ1) is 12.9. The van der Waals surface area contributed by atoms with Gasteiger partial charge in [-0.15, -0.1) is 0 Å². The average Bonchev–Trinajstić information content (AvgIpc) is 2.91. The van der Waals surface area contributed by atoms with Gasteiger partial charge in [0.15, 0.2) is 9.84 Å². The number of H-pyrrole nitrogens is 1. The van der Waals surface area contributed by atoms with Crippen molar-refractivity contribution in [3.8, 4) is 0 Å². The van der Waals surface area contributed by atoms with Gasteiger partial charge in [0.05, 0.1) is 23.9 Å². The number of aliphatic hydroxyl groups excluding tert-OH is 1. The number of sulfone groups is 1. The maximum atomic E-state index is 12.5. The molecule has 2 aromatic rings. The normalized spacial score (nSPS) is 21.3. The summed E-state index contributed by atoms with van der Waals surface area (Å²) in [6, 6.07) is 4.63. The van der Waals surface area contributed by atoms with E-state index in [1.165, 1.54) is 12.1 Å². The Morgan fingerprint density at radius 1 is 1.30 bits per heavy atom. The van der Waals surface area contributed by atoms with Crippen molar-refractivity contribution in [2.45, 2.75) is 37.8 Å². The number of nitrogens with one attached hydrogen (secondary N) is 2. The number of benzene rings is 1. The minimum atomic E-state index is -3.30. The lowest BCUT2D eigenvalue weighted by Gasteiger charge is -2.28. The summed E-state index contributed by atoms with van der Waals surface area (Å²) < 4.78 is 22.9. The van der Waals surface area contributed by atoms with Crippen LogP contribution in [-0.2, 0) is 16.4 Å². The number of aliphatic hydroxyl groups is 1. The molecule has 4 rings (SSSR count). The lowest BCUT2D eigenvalue weighted by atomic mass is 9.78. The third kappa shape index (κ3) is 3.30. The van der Waals surface area contributed by atoms with Crippen molar-refractivity contribution in [2.75, 3.05) is 5.75 Å². The summed E-state index contributed by atoms with van der Waals surface area (Å²) >= 11 is 0. The highest BCUT2D eigenvalue weighted by Crippen LogP contribution is 2.39. The summed E-state index contributed by atoms with van der Waals surface area (Å²) in [6.07, 6.45) is 4.70. The van der Waals surface area contributed by atoms with Crippen LogP contribution in [-0.4, -0.2) is 36.2 Å². The summed E-state index contributed by atoms with van der Waals surface area (Å²) in [5, 5.41) is 14.1. The molecule has 0 bridgehead atoms. The van der Waals surface area contributed by atoms with E-state index >= 15 is 0 Å². The molecule has 0 spiro atoms. The molecule has 0 unspecified atom stereocenters. The quantitative estimate of drug-likeness (QED) is 0.731. The van der Waals surface area contributed by atoms with E-state index in [4.69, 9.17) is 0 Å². The minimum Gasteiger partial charge on any atom is -0.392 e. The fraction of sp³-hybridized carbons (Fsp3) is 0.368. The summed E-state index contributed by atoms with van der Waals surface area (Å²) in [4.78, 5) is 27.7. The van der Waals surface area contributed by atoms with Crippen LogP contribution in [0, 0.1) is 0 Å². The zero-order chi connectivity index (χ0) is 19.2. The Bertz CT molecular complexity index is 1110. The highest BCUT2D eigenvalue weighted by molar-refractivity contribution is 7.94. The lowest BCUT2D eigenvalue weighted by molar-refractivity contribution is 0.0946. The molecule has 1 aliphatic heterocycles. The topological polar surface area (TPSA) is 116 Å². The number of hydrogen-bond donors (Lipinski definition) is 3. The summed E-state index contributed by atoms with van der Waals surface area (Å²) in [5.41, 5.74) is 1.65. The first kappa shape index (κ1) is 17.9. The molecular formula is C19H20N2O5S. The zero-order valence-corrected chi connectivity index (χ0v) is 15.4. The molecule has 0 radical (unpaired) electrons. The standard InChI is InChI=1S/C19H20N2O5S/c22-9-16-14(11-2-1-3-11)5-4-12-8-15(19(24)21-17(12)16)18(23)20-13-6-7-27(25,26)10-13/h4-8,11,13,22H,1-3,9-10H2,(H,20,23)(H,21,24)/t13-/m1/s1. The molecule has 1 amide bonds. The maximum absolute atomic E-state index is 12.5. The Kier molecular flexibility index (Phi) is 4.39. The zero-order valence-electron chi connectivity index (χ0n) is 14.6. The Hall–Kier alpha value is -2.45. The molecule has 1 atom stereocenters. The minimum absolute atomic E-state index is 0.0829. The summed E-state index contributed by atoms with van der Waals surface area (Å²) in [5.74, 6) is -0.429. The highest BCUT2D eigenvalue weighted by Gasteiger charge is 2.26. The van der Waals surface area contributed by atoms with E-state index < -0.39 is 27.3 Å². The van der Waals surface area contributed by atoms with Crippen LogP contribution in [0.5, 0.6) is 0 Å². The summed E-state index contributed by atoms with van der Waals surface area (Å²) in [6.45, 7) is -0.185. The van der Waals surface area contributed by atoms with Gasteiger partial charge in [-0.2, -0.15) is 0 Å². The molecule has 0 saturated heterocycles. The molecule has 1 aromatic carbocycles. The first-order valence-corrected chi connectivity index (χ1v) is 10.6. The molecule has 1 aromatic heterocycles. The molecule has 142 valence electrons. The molecule has 1 aliphatic carbocycles. The van der Waals surface area contributed by atoms with Gasteiger partial charge in [0.2, 0.25) is 0 Å². The molecule has 3 N–H and O–H groups in total. The third-order valence-electron chi connectivity index (χ3n) is 5.36. The maximum Gasteiger partial charge on any atom is 0.261 e. The average molecular weight is 388 g/mol. The van der Waals surface area contributed by atoms with Gasteiger partial charge in [-0.25, -0.2) is 8.42 Å². The van der Waals surface area contributed by atoms with Crippen LogP contribution in [0.1, 0.15) is 46.7 Å². The monoisotopic (exact) mass is 388 g/mol. The Balaban J connectivity index is 1.68. The molecule has 7 nitrogen and oxygen atoms in total. The van der Waals surface area contributed by atoms with Gasteiger partial charge in [0.1, 0.15) is 5.56 Å². The van der Waals surface area contributed by atoms with Crippen molar-refractivity contribution in [1.82, 2.24) is 10.3 Å². The molecular weight excluding hydrogens is 368 g/mol. The number of carbonyl (C=O) groups excluding carboxylic acids is 1. The number of amides is 1. The second kappa shape index (κ2) is 6.61. The predicted molar refractivity (Wildman–Crippen MR) is 101 cm³/mol. The van der Waals surface area contributed by atoms with Gasteiger partial charge < -0.3 is 15.4 Å². The smallest absolute Gasteiger partial charge is 0.261 e. The van der Waals surface area contributed by atoms with Crippen molar-refractivity contribution in [3.63, 3.8) is 0 Å². The molecule has 1 saturated carbocycles. The fourth-order valence-electron chi connectivity index (χ4n) is 3.70. The molecule has 27 heavy (non-hydrogen) atoms. The highest BCUT2D eigenvalue weighted by atomic mass is 32.2. The van der Waals surface area contributed by atoms with Crippen molar-refractivity contribution < 1.29 is 18.3 Å². The van der Waals surface area contributed by atoms with Gasteiger partial charge in [-0.3, -0.25) is 9.59 Å². The number of rotatable bonds is 4. The van der Waals surface area contributed by atoms with Crippen LogP contribution in [0.2, 0.25) is 0 Å². The number of carbonyl (C=O) groups is 1. The third-order valence-corrected chi connectivity index (χ3v) is 6.75. The van der Waals surface area contributed by atoms with E-state index in [-0.39, 0.29) is 17.9 Å². The molecule has 8 heteroatoms. The van der Waals surface area contributed by atoms with Crippen LogP contribution in [0.3, 0.4) is 0 Å². The molecule has 2 heterocycles. The Morgan fingerprint density at radius 3 is 2.67 bits per heavy atom. The van der Waals surface area contributed by atoms with Gasteiger partial charge in [-0.05, 0) is 41.9 Å². The van der Waals surface area contributed by atoms with E-state index in [0.717, 1.165) is 30.2 Å². The van der Waals surface area contributed by atoms with E-state index in [1.807, 2.05) is 12.1 Å². The number of pyridine rings is 1. The van der Waals surface area contributed by atoms with Crippen LogP contribution in [0.4, 0.5) is 0 Å². The SMILES string of the molecule is O=C(N[C@@H]1C=CS(=O)(=O)C1)c1cc2ccc(C3CCC3)c(CO)c2[nH]c1=O. The van der Waals surface area contributed by atoms with Crippen LogP contribution < -0.4 is 10.9 Å². The van der Waals surface area contributed by atoms with E-state index in [1.54, 1.807) is 0 Å². The predicted octanol–water partition coefficient (Wildman–Crippen LogP) is 1.33. The van der Waals surface area contributed by atoms with Crippen molar-refractivity contribution in [1.29, 1.82) is 0 Å². The Morgan fingerprint density at radius 2 is 2.07 bits per heavy atom. The number of fused-ring (bicyclic) bond motifs is 1. The molecule has 1 fully saturated rings. The fourth-order valence-corrected chi connectivity index (χ4v) is 4.94. The van der Waals surface area contributed by atoms with E-state index in [2.05, 4.69) is 10.3 Å². The number of aromatic amines is 1. The van der Waals surface area contributed by atoms with E-state index in [9.17, 15) is 23.1 Å². The summed E-state index contributed by atoms with van der Waals surface area (Å²) in [7, 11) is -3.30. The molecule has 2 aliphatic rings. The first-order valence-electron chi connectivity index (χ1n) is 8.89. The lowest BCUT2D eigenvalue weighted by Crippen LogP contribution is -2.38. The van der Waals surface area contributed by atoms with Crippen molar-refractivity contribution in [2.24, 2.45) is 0 Å². The van der Waals surface area contributed by atoms with Gasteiger partial charge >= 0.3 is 0 Å². The Labute approximate surface area is 156 Å². The van der Waals surface area contributed by atoms with Crippen molar-refractivity contribution >= 4 is 26.6 Å². The largest absolute Gasteiger partial charge is 0.392 e. The van der Waals surface area contributed by atoms with Crippen LogP contribution in [0.15, 0.2) is 34.5 Å². The second-order valence-corrected chi connectivity index (χ2v) is 9.06. The van der Waals surface area contributed by atoms with Crippen LogP contribution >= 0.6 is 0 Å². The van der Waals surface area contributed by atoms with Gasteiger partial charge in [0.25, 0.3) is 11.5 Å². The van der Waals surface area contributed by atoms with Crippen molar-refractivity contribution in [3.05, 3.63) is 56.7 Å². The van der Waals surface area contributed by atoms with Gasteiger partial charge in [0, 0.05) is 11.0 Å².